The Bertz CT molecular complexity index is 1080. The van der Waals surface area contributed by atoms with Crippen LogP contribution in [0.3, 0.4) is 0 Å². The topological polar surface area (TPSA) is 60.2 Å². The van der Waals surface area contributed by atoms with Gasteiger partial charge in [0.15, 0.2) is 5.76 Å². The van der Waals surface area contributed by atoms with E-state index in [-0.39, 0.29) is 16.8 Å². The maximum Gasteiger partial charge on any atom is 0.204 e. The number of aromatic nitrogens is 1. The van der Waals surface area contributed by atoms with Gasteiger partial charge >= 0.3 is 0 Å². The molecule has 0 aliphatic rings. The molecule has 3 aromatic heterocycles. The van der Waals surface area contributed by atoms with Gasteiger partial charge in [-0.25, -0.2) is 0 Å². The lowest BCUT2D eigenvalue weighted by atomic mass is 10.0. The second-order valence-electron chi connectivity index (χ2n) is 5.18. The van der Waals surface area contributed by atoms with Gasteiger partial charge in [0.25, 0.3) is 0 Å². The number of fused-ring (bicyclic) bond motifs is 1. The lowest BCUT2D eigenvalue weighted by Crippen LogP contribution is -2.17. The minimum absolute atomic E-state index is 0.0455. The van der Waals surface area contributed by atoms with E-state index in [2.05, 4.69) is 4.98 Å². The van der Waals surface area contributed by atoms with Crippen molar-refractivity contribution in [1.29, 1.82) is 0 Å². The zero-order chi connectivity index (χ0) is 16.5. The average molecular weight is 333 g/mol. The molecule has 0 aliphatic heterocycles. The van der Waals surface area contributed by atoms with E-state index in [1.54, 1.807) is 42.6 Å². The molecule has 0 saturated heterocycles. The molecule has 4 nitrogen and oxygen atoms in total. The highest BCUT2D eigenvalue weighted by molar-refractivity contribution is 7.13. The third kappa shape index (κ3) is 2.35. The lowest BCUT2D eigenvalue weighted by molar-refractivity contribution is 0.103. The Hall–Kier alpha value is -3.05. The van der Waals surface area contributed by atoms with Gasteiger partial charge in [-0.05, 0) is 35.7 Å². The molecular weight excluding hydrogens is 322 g/mol. The Morgan fingerprint density at radius 2 is 1.92 bits per heavy atom. The molecule has 3 heterocycles. The first kappa shape index (κ1) is 14.5. The Morgan fingerprint density at radius 1 is 1.04 bits per heavy atom. The van der Waals surface area contributed by atoms with Crippen molar-refractivity contribution >= 4 is 28.1 Å². The fourth-order valence-corrected chi connectivity index (χ4v) is 3.28. The van der Waals surface area contributed by atoms with Crippen LogP contribution in [0.1, 0.15) is 15.9 Å². The molecule has 0 spiro atoms. The van der Waals surface area contributed by atoms with E-state index < -0.39 is 0 Å². The van der Waals surface area contributed by atoms with Crippen molar-refractivity contribution in [2.45, 2.75) is 0 Å². The second-order valence-corrected chi connectivity index (χ2v) is 6.13. The fourth-order valence-electron chi connectivity index (χ4n) is 2.57. The van der Waals surface area contributed by atoms with Crippen molar-refractivity contribution in [3.63, 3.8) is 0 Å². The SMILES string of the molecule is O=C(c1cccnc1)c1c(-c2cccs2)oc2ccccc2c1=O. The number of hydrogen-bond acceptors (Lipinski definition) is 5. The van der Waals surface area contributed by atoms with Gasteiger partial charge in [0.05, 0.1) is 10.3 Å². The summed E-state index contributed by atoms with van der Waals surface area (Å²) in [5.41, 5.74) is 0.546. The summed E-state index contributed by atoms with van der Waals surface area (Å²) in [6.45, 7) is 0. The summed E-state index contributed by atoms with van der Waals surface area (Å²) in [7, 11) is 0. The number of ketones is 1. The zero-order valence-electron chi connectivity index (χ0n) is 12.4. The zero-order valence-corrected chi connectivity index (χ0v) is 13.2. The maximum atomic E-state index is 13.0. The normalized spacial score (nSPS) is 10.8. The van der Waals surface area contributed by atoms with Gasteiger partial charge in [0.2, 0.25) is 11.2 Å². The molecule has 0 amide bonds. The largest absolute Gasteiger partial charge is 0.454 e. The summed E-state index contributed by atoms with van der Waals surface area (Å²) in [5.74, 6) is -0.0754. The number of pyridine rings is 1. The van der Waals surface area contributed by atoms with Crippen LogP contribution in [0.5, 0.6) is 0 Å². The fraction of sp³-hybridized carbons (Fsp3) is 0. The number of carbonyl (C=O) groups excluding carboxylic acids is 1. The van der Waals surface area contributed by atoms with Crippen LogP contribution in [-0.2, 0) is 0 Å². The van der Waals surface area contributed by atoms with Crippen LogP contribution in [-0.4, -0.2) is 10.8 Å². The van der Waals surface area contributed by atoms with Crippen molar-refractivity contribution in [2.75, 3.05) is 0 Å². The summed E-state index contributed by atoms with van der Waals surface area (Å²) in [4.78, 5) is 30.6. The van der Waals surface area contributed by atoms with Gasteiger partial charge in [0.1, 0.15) is 11.1 Å². The van der Waals surface area contributed by atoms with Crippen LogP contribution < -0.4 is 5.43 Å². The molecule has 4 rings (SSSR count). The first-order chi connectivity index (χ1) is 11.8. The average Bonchev–Trinajstić information content (AvgIpc) is 3.16. The first-order valence-corrected chi connectivity index (χ1v) is 8.18. The lowest BCUT2D eigenvalue weighted by Gasteiger charge is -2.08. The molecule has 4 aromatic rings. The second kappa shape index (κ2) is 5.86. The van der Waals surface area contributed by atoms with E-state index in [0.29, 0.717) is 22.3 Å². The number of para-hydroxylation sites is 1. The molecule has 0 aliphatic carbocycles. The predicted molar refractivity (Wildman–Crippen MR) is 93.5 cm³/mol. The van der Waals surface area contributed by atoms with Crippen molar-refractivity contribution in [3.05, 3.63) is 87.7 Å². The molecule has 116 valence electrons. The molecule has 5 heteroatoms. The molecular formula is C19H11NO3S. The Kier molecular flexibility index (Phi) is 3.55. The monoisotopic (exact) mass is 333 g/mol. The van der Waals surface area contributed by atoms with E-state index >= 15 is 0 Å². The third-order valence-corrected chi connectivity index (χ3v) is 4.56. The van der Waals surface area contributed by atoms with Gasteiger partial charge in [-0.3, -0.25) is 14.6 Å². The first-order valence-electron chi connectivity index (χ1n) is 7.30. The van der Waals surface area contributed by atoms with Crippen molar-refractivity contribution in [2.24, 2.45) is 0 Å². The van der Waals surface area contributed by atoms with Crippen LogP contribution >= 0.6 is 11.3 Å². The Morgan fingerprint density at radius 3 is 2.67 bits per heavy atom. The van der Waals surface area contributed by atoms with E-state index in [1.807, 2.05) is 17.5 Å². The molecule has 24 heavy (non-hydrogen) atoms. The Balaban J connectivity index is 2.06. The van der Waals surface area contributed by atoms with Crippen LogP contribution in [0.4, 0.5) is 0 Å². The minimum Gasteiger partial charge on any atom is -0.454 e. The summed E-state index contributed by atoms with van der Waals surface area (Å²) in [6, 6.07) is 13.9. The number of carbonyl (C=O) groups is 1. The van der Waals surface area contributed by atoms with Crippen molar-refractivity contribution in [3.8, 4) is 10.6 Å². The van der Waals surface area contributed by atoms with Gasteiger partial charge in [0, 0.05) is 18.0 Å². The van der Waals surface area contributed by atoms with Crippen molar-refractivity contribution in [1.82, 2.24) is 4.98 Å². The van der Waals surface area contributed by atoms with Crippen LogP contribution in [0.25, 0.3) is 21.6 Å². The molecule has 1 aromatic carbocycles. The van der Waals surface area contributed by atoms with E-state index in [4.69, 9.17) is 4.42 Å². The van der Waals surface area contributed by atoms with Crippen LogP contribution in [0, 0.1) is 0 Å². The number of hydrogen-bond donors (Lipinski definition) is 0. The van der Waals surface area contributed by atoms with Gasteiger partial charge in [-0.2, -0.15) is 0 Å². The number of rotatable bonds is 3. The van der Waals surface area contributed by atoms with E-state index in [9.17, 15) is 9.59 Å². The number of benzene rings is 1. The molecule has 0 saturated carbocycles. The molecule has 0 unspecified atom stereocenters. The van der Waals surface area contributed by atoms with E-state index in [1.165, 1.54) is 17.5 Å². The highest BCUT2D eigenvalue weighted by Crippen LogP contribution is 2.30. The highest BCUT2D eigenvalue weighted by Gasteiger charge is 2.23. The highest BCUT2D eigenvalue weighted by atomic mass is 32.1. The minimum atomic E-state index is -0.383. The Labute approximate surface area is 141 Å². The van der Waals surface area contributed by atoms with Crippen LogP contribution in [0.15, 0.2) is 75.5 Å². The summed E-state index contributed by atoms with van der Waals surface area (Å²) < 4.78 is 5.93. The summed E-state index contributed by atoms with van der Waals surface area (Å²) in [5, 5.41) is 2.27. The van der Waals surface area contributed by atoms with Gasteiger partial charge < -0.3 is 4.42 Å². The quantitative estimate of drug-likeness (QED) is 0.529. The third-order valence-electron chi connectivity index (χ3n) is 3.69. The van der Waals surface area contributed by atoms with Crippen molar-refractivity contribution < 1.29 is 9.21 Å². The molecule has 0 bridgehead atoms. The smallest absolute Gasteiger partial charge is 0.204 e. The van der Waals surface area contributed by atoms with Gasteiger partial charge in [-0.15, -0.1) is 11.3 Å². The van der Waals surface area contributed by atoms with Crippen LogP contribution in [0.2, 0.25) is 0 Å². The standard InChI is InChI=1S/C19H11NO3S/c21-17(12-5-3-9-20-11-12)16-18(22)13-6-1-2-7-14(13)23-19(16)15-8-4-10-24-15/h1-11H. The van der Waals surface area contributed by atoms with E-state index in [0.717, 1.165) is 4.88 Å². The summed E-state index contributed by atoms with van der Waals surface area (Å²) >= 11 is 1.42. The number of thiophene rings is 1. The molecule has 0 fully saturated rings. The summed E-state index contributed by atoms with van der Waals surface area (Å²) in [6.07, 6.45) is 3.04. The van der Waals surface area contributed by atoms with Gasteiger partial charge in [-0.1, -0.05) is 18.2 Å². The maximum absolute atomic E-state index is 13.0. The molecule has 0 N–H and O–H groups in total. The molecule has 0 atom stereocenters. The predicted octanol–water partition coefficient (Wildman–Crippen LogP) is 4.15. The number of nitrogens with zero attached hydrogens (tertiary/aromatic N) is 1. The molecule has 0 radical (unpaired) electrons.